The summed E-state index contributed by atoms with van der Waals surface area (Å²) >= 11 is 1.62. The topological polar surface area (TPSA) is 49.4 Å². The maximum Gasteiger partial charge on any atom is 0.246 e. The summed E-state index contributed by atoms with van der Waals surface area (Å²) in [5.41, 5.74) is 0.548. The van der Waals surface area contributed by atoms with E-state index in [1.54, 1.807) is 16.2 Å². The fraction of sp³-hybridized carbons (Fsp3) is 0.538. The van der Waals surface area contributed by atoms with Gasteiger partial charge in [-0.1, -0.05) is 12.8 Å². The summed E-state index contributed by atoms with van der Waals surface area (Å²) in [6.45, 7) is 0.709. The van der Waals surface area contributed by atoms with Gasteiger partial charge in [-0.25, -0.2) is 0 Å². The van der Waals surface area contributed by atoms with Crippen LogP contribution in [0.1, 0.15) is 31.2 Å². The number of piperazine rings is 1. The van der Waals surface area contributed by atoms with Crippen LogP contribution in [-0.2, 0) is 16.1 Å². The summed E-state index contributed by atoms with van der Waals surface area (Å²) in [5, 5.41) is 6.80. The van der Waals surface area contributed by atoms with Crippen LogP contribution in [0.5, 0.6) is 0 Å². The van der Waals surface area contributed by atoms with Gasteiger partial charge < -0.3 is 10.2 Å². The maximum absolute atomic E-state index is 12.2. The molecule has 0 atom stereocenters. The molecule has 1 N–H and O–H groups in total. The molecule has 2 heterocycles. The Bertz CT molecular complexity index is 463. The van der Waals surface area contributed by atoms with Crippen LogP contribution >= 0.6 is 11.3 Å². The van der Waals surface area contributed by atoms with Crippen molar-refractivity contribution in [1.29, 1.82) is 0 Å². The molecule has 1 aromatic heterocycles. The van der Waals surface area contributed by atoms with Crippen molar-refractivity contribution in [3.63, 3.8) is 0 Å². The van der Waals surface area contributed by atoms with Gasteiger partial charge in [0.25, 0.3) is 0 Å². The highest BCUT2D eigenvalue weighted by Crippen LogP contribution is 2.38. The van der Waals surface area contributed by atoms with Crippen molar-refractivity contribution in [3.05, 3.63) is 22.4 Å². The van der Waals surface area contributed by atoms with Gasteiger partial charge in [-0.05, 0) is 35.2 Å². The molecule has 4 nitrogen and oxygen atoms in total. The Morgan fingerprint density at radius 1 is 1.33 bits per heavy atom. The van der Waals surface area contributed by atoms with Crippen LogP contribution in [0.4, 0.5) is 0 Å². The smallest absolute Gasteiger partial charge is 0.246 e. The van der Waals surface area contributed by atoms with E-state index in [1.807, 2.05) is 16.8 Å². The van der Waals surface area contributed by atoms with Gasteiger partial charge in [0, 0.05) is 6.54 Å². The van der Waals surface area contributed by atoms with Crippen LogP contribution in [0.25, 0.3) is 0 Å². The number of carbonyl (C=O) groups excluding carboxylic acids is 2. The summed E-state index contributed by atoms with van der Waals surface area (Å²) in [5.74, 6) is 0.0810. The first-order valence-electron chi connectivity index (χ1n) is 6.32. The van der Waals surface area contributed by atoms with Crippen molar-refractivity contribution in [2.24, 2.45) is 0 Å². The molecule has 1 saturated carbocycles. The lowest BCUT2D eigenvalue weighted by Crippen LogP contribution is -2.65. The van der Waals surface area contributed by atoms with E-state index >= 15 is 0 Å². The predicted molar refractivity (Wildman–Crippen MR) is 69.1 cm³/mol. The zero-order chi connectivity index (χ0) is 12.6. The first-order valence-corrected chi connectivity index (χ1v) is 7.26. The van der Waals surface area contributed by atoms with E-state index in [4.69, 9.17) is 0 Å². The molecule has 0 aromatic carbocycles. The third kappa shape index (κ3) is 1.73. The summed E-state index contributed by atoms with van der Waals surface area (Å²) in [6, 6.07) is 2.02. The number of nitrogens with one attached hydrogen (secondary N) is 1. The lowest BCUT2D eigenvalue weighted by molar-refractivity contribution is -0.154. The Hall–Kier alpha value is -1.36. The molecule has 0 radical (unpaired) electrons. The Kier molecular flexibility index (Phi) is 2.86. The van der Waals surface area contributed by atoms with E-state index < -0.39 is 5.54 Å². The molecule has 96 valence electrons. The van der Waals surface area contributed by atoms with E-state index in [1.165, 1.54) is 0 Å². The first kappa shape index (κ1) is 11.7. The van der Waals surface area contributed by atoms with Gasteiger partial charge in [0.05, 0.1) is 6.54 Å². The van der Waals surface area contributed by atoms with Crippen molar-refractivity contribution >= 4 is 23.2 Å². The number of hydrogen-bond donors (Lipinski definition) is 1. The van der Waals surface area contributed by atoms with Crippen LogP contribution < -0.4 is 5.32 Å². The Labute approximate surface area is 110 Å². The number of hydrogen-bond acceptors (Lipinski definition) is 3. The van der Waals surface area contributed by atoms with Gasteiger partial charge in [-0.2, -0.15) is 11.3 Å². The highest BCUT2D eigenvalue weighted by molar-refractivity contribution is 7.07. The fourth-order valence-corrected chi connectivity index (χ4v) is 3.70. The summed E-state index contributed by atoms with van der Waals surface area (Å²) < 4.78 is 0. The highest BCUT2D eigenvalue weighted by atomic mass is 32.1. The third-order valence-electron chi connectivity index (χ3n) is 3.99. The molecule has 1 aliphatic heterocycles. The van der Waals surface area contributed by atoms with Crippen LogP contribution in [-0.4, -0.2) is 28.8 Å². The molecule has 0 bridgehead atoms. The quantitative estimate of drug-likeness (QED) is 0.880. The van der Waals surface area contributed by atoms with E-state index in [2.05, 4.69) is 5.32 Å². The standard InChI is InChI=1S/C13H16N2O2S/c16-11-7-14-12(17)13(4-1-2-5-13)15(11)8-10-3-6-18-9-10/h3,6,9H,1-2,4-5,7-8H2,(H,14,17). The average molecular weight is 264 g/mol. The van der Waals surface area contributed by atoms with E-state index in [0.717, 1.165) is 31.2 Å². The SMILES string of the molecule is O=C1CNC(=O)C2(CCCC2)N1Cc1ccsc1. The minimum atomic E-state index is -0.572. The fourth-order valence-electron chi connectivity index (χ4n) is 3.04. The van der Waals surface area contributed by atoms with Gasteiger partial charge in [0.2, 0.25) is 11.8 Å². The van der Waals surface area contributed by atoms with E-state index in [0.29, 0.717) is 6.54 Å². The lowest BCUT2D eigenvalue weighted by Gasteiger charge is -2.43. The molecule has 1 aliphatic carbocycles. The number of amides is 2. The second-order valence-corrected chi connectivity index (χ2v) is 5.81. The largest absolute Gasteiger partial charge is 0.345 e. The van der Waals surface area contributed by atoms with Gasteiger partial charge >= 0.3 is 0 Å². The molecular formula is C13H16N2O2S. The monoisotopic (exact) mass is 264 g/mol. The molecule has 18 heavy (non-hydrogen) atoms. The molecule has 5 heteroatoms. The Morgan fingerprint density at radius 3 is 2.78 bits per heavy atom. The second kappa shape index (κ2) is 4.39. The zero-order valence-corrected chi connectivity index (χ0v) is 11.0. The molecule has 3 rings (SSSR count). The maximum atomic E-state index is 12.2. The van der Waals surface area contributed by atoms with Crippen LogP contribution in [0.3, 0.4) is 0 Å². The Morgan fingerprint density at radius 2 is 2.11 bits per heavy atom. The number of thiophene rings is 1. The van der Waals surface area contributed by atoms with Crippen LogP contribution in [0.15, 0.2) is 16.8 Å². The van der Waals surface area contributed by atoms with Gasteiger partial charge in [-0.3, -0.25) is 9.59 Å². The Balaban J connectivity index is 1.91. The van der Waals surface area contributed by atoms with Crippen LogP contribution in [0.2, 0.25) is 0 Å². The molecule has 1 saturated heterocycles. The summed E-state index contributed by atoms with van der Waals surface area (Å²) in [4.78, 5) is 26.1. The molecule has 1 spiro atoms. The van der Waals surface area contributed by atoms with Gasteiger partial charge in [0.15, 0.2) is 0 Å². The number of rotatable bonds is 2. The predicted octanol–water partition coefficient (Wildman–Crippen LogP) is 1.52. The highest BCUT2D eigenvalue weighted by Gasteiger charge is 2.50. The summed E-state index contributed by atoms with van der Waals surface area (Å²) in [6.07, 6.45) is 3.66. The van der Waals surface area contributed by atoms with Crippen molar-refractivity contribution in [3.8, 4) is 0 Å². The van der Waals surface area contributed by atoms with Crippen molar-refractivity contribution < 1.29 is 9.59 Å². The minimum absolute atomic E-state index is 0.0369. The third-order valence-corrected chi connectivity index (χ3v) is 4.72. The van der Waals surface area contributed by atoms with Crippen molar-refractivity contribution in [2.45, 2.75) is 37.8 Å². The zero-order valence-electron chi connectivity index (χ0n) is 10.1. The van der Waals surface area contributed by atoms with Crippen LogP contribution in [0, 0.1) is 0 Å². The normalized spacial score (nSPS) is 22.6. The van der Waals surface area contributed by atoms with Crippen molar-refractivity contribution in [1.82, 2.24) is 10.2 Å². The molecular weight excluding hydrogens is 248 g/mol. The lowest BCUT2D eigenvalue weighted by atomic mass is 9.91. The molecule has 0 unspecified atom stereocenters. The summed E-state index contributed by atoms with van der Waals surface area (Å²) in [7, 11) is 0. The second-order valence-electron chi connectivity index (χ2n) is 5.03. The minimum Gasteiger partial charge on any atom is -0.345 e. The molecule has 1 aromatic rings. The van der Waals surface area contributed by atoms with Gasteiger partial charge in [0.1, 0.15) is 5.54 Å². The van der Waals surface area contributed by atoms with E-state index in [-0.39, 0.29) is 18.4 Å². The average Bonchev–Trinajstić information content (AvgIpc) is 3.02. The van der Waals surface area contributed by atoms with Gasteiger partial charge in [-0.15, -0.1) is 0 Å². The number of nitrogens with zero attached hydrogens (tertiary/aromatic N) is 1. The van der Waals surface area contributed by atoms with E-state index in [9.17, 15) is 9.59 Å². The first-order chi connectivity index (χ1) is 8.72. The molecule has 2 fully saturated rings. The number of carbonyl (C=O) groups is 2. The molecule has 2 aliphatic rings. The molecule has 2 amide bonds. The van der Waals surface area contributed by atoms with Crippen molar-refractivity contribution in [2.75, 3.05) is 6.54 Å².